The van der Waals surface area contributed by atoms with Gasteiger partial charge in [-0.15, -0.1) is 0 Å². The minimum absolute atomic E-state index is 0.0460. The number of amides is 1. The van der Waals surface area contributed by atoms with E-state index in [1.54, 1.807) is 36.4 Å². The summed E-state index contributed by atoms with van der Waals surface area (Å²) in [5.74, 6) is -0.267. The first kappa shape index (κ1) is 20.0. The smallest absolute Gasteiger partial charge is 0.256 e. The quantitative estimate of drug-likeness (QED) is 0.619. The zero-order chi connectivity index (χ0) is 20.4. The Morgan fingerprint density at radius 2 is 1.97 bits per heavy atom. The summed E-state index contributed by atoms with van der Waals surface area (Å²) in [6, 6.07) is 12.4. The minimum Gasteiger partial charge on any atom is -0.438 e. The normalized spacial score (nSPS) is 17.1. The third-order valence-electron chi connectivity index (χ3n) is 4.85. The van der Waals surface area contributed by atoms with Gasteiger partial charge in [0.25, 0.3) is 5.91 Å². The minimum atomic E-state index is -0.267. The lowest BCUT2D eigenvalue weighted by atomic mass is 10.1. The molecule has 0 bridgehead atoms. The number of fused-ring (bicyclic) bond motifs is 1. The summed E-state index contributed by atoms with van der Waals surface area (Å²) in [7, 11) is 0. The maximum atomic E-state index is 12.9. The second kappa shape index (κ2) is 8.57. The van der Waals surface area contributed by atoms with E-state index in [0.717, 1.165) is 30.4 Å². The standard InChI is InChI=1S/C22H20Cl2N2O3/c1-13-9-15(23)4-6-19(13)26-22-18(21(27)25-12-17-3-2-8-28-17)11-14-10-16(24)5-7-20(14)29-22/h4-7,9-11,17H,2-3,8,12H2,1H3,(H,25,27). The Morgan fingerprint density at radius 3 is 2.72 bits per heavy atom. The van der Waals surface area contributed by atoms with E-state index in [9.17, 15) is 4.79 Å². The maximum Gasteiger partial charge on any atom is 0.256 e. The van der Waals surface area contributed by atoms with Crippen LogP contribution >= 0.6 is 23.2 Å². The summed E-state index contributed by atoms with van der Waals surface area (Å²) in [5, 5.41) is 4.85. The number of nitrogens with zero attached hydrogens (tertiary/aromatic N) is 1. The van der Waals surface area contributed by atoms with Crippen molar-refractivity contribution in [2.45, 2.75) is 25.9 Å². The molecule has 1 aliphatic heterocycles. The van der Waals surface area contributed by atoms with Crippen LogP contribution in [0.2, 0.25) is 10.0 Å². The molecule has 1 aromatic heterocycles. The summed E-state index contributed by atoms with van der Waals surface area (Å²) >= 11 is 12.2. The lowest BCUT2D eigenvalue weighted by Crippen LogP contribution is -2.34. The summed E-state index contributed by atoms with van der Waals surface area (Å²) in [4.78, 5) is 17.5. The van der Waals surface area contributed by atoms with Gasteiger partial charge >= 0.3 is 0 Å². The molecule has 3 aromatic rings. The van der Waals surface area contributed by atoms with Gasteiger partial charge in [-0.25, -0.2) is 4.99 Å². The van der Waals surface area contributed by atoms with Crippen LogP contribution in [0.15, 0.2) is 51.9 Å². The Hall–Kier alpha value is -2.34. The number of rotatable bonds is 4. The third-order valence-corrected chi connectivity index (χ3v) is 5.32. The average molecular weight is 431 g/mol. The molecule has 1 unspecified atom stereocenters. The van der Waals surface area contributed by atoms with E-state index in [1.165, 1.54) is 0 Å². The van der Waals surface area contributed by atoms with Crippen LogP contribution in [0.25, 0.3) is 11.0 Å². The van der Waals surface area contributed by atoms with Crippen molar-refractivity contribution in [3.05, 3.63) is 69.2 Å². The van der Waals surface area contributed by atoms with Crippen molar-refractivity contribution in [1.29, 1.82) is 0 Å². The van der Waals surface area contributed by atoms with Crippen molar-refractivity contribution in [3.63, 3.8) is 0 Å². The van der Waals surface area contributed by atoms with Gasteiger partial charge in [0.1, 0.15) is 11.1 Å². The molecule has 5 nitrogen and oxygen atoms in total. The Bertz CT molecular complexity index is 1130. The van der Waals surface area contributed by atoms with E-state index in [4.69, 9.17) is 32.4 Å². The van der Waals surface area contributed by atoms with Crippen molar-refractivity contribution in [1.82, 2.24) is 5.32 Å². The summed E-state index contributed by atoms with van der Waals surface area (Å²) in [6.07, 6.45) is 2.00. The molecule has 150 valence electrons. The van der Waals surface area contributed by atoms with E-state index in [-0.39, 0.29) is 17.6 Å². The molecule has 4 rings (SSSR count). The van der Waals surface area contributed by atoms with Crippen LogP contribution < -0.4 is 10.9 Å². The average Bonchev–Trinajstić information content (AvgIpc) is 3.21. The molecule has 0 saturated carbocycles. The SMILES string of the molecule is Cc1cc(Cl)ccc1N=c1oc2ccc(Cl)cc2cc1C(=O)NCC1CCCO1. The van der Waals surface area contributed by atoms with Crippen molar-refractivity contribution < 1.29 is 13.9 Å². The molecular weight excluding hydrogens is 411 g/mol. The molecule has 1 atom stereocenters. The predicted molar refractivity (Wildman–Crippen MR) is 114 cm³/mol. The predicted octanol–water partition coefficient (Wildman–Crippen LogP) is 5.19. The molecule has 2 heterocycles. The highest BCUT2D eigenvalue weighted by atomic mass is 35.5. The fraction of sp³-hybridized carbons (Fsp3) is 0.273. The number of halogens is 2. The molecule has 1 fully saturated rings. The first-order valence-electron chi connectivity index (χ1n) is 9.44. The third kappa shape index (κ3) is 4.64. The van der Waals surface area contributed by atoms with Gasteiger partial charge < -0.3 is 14.5 Å². The Morgan fingerprint density at radius 1 is 1.17 bits per heavy atom. The molecule has 7 heteroatoms. The molecule has 1 N–H and O–H groups in total. The number of ether oxygens (including phenoxy) is 1. The first-order valence-corrected chi connectivity index (χ1v) is 10.2. The van der Waals surface area contributed by atoms with Gasteiger partial charge in [-0.1, -0.05) is 23.2 Å². The largest absolute Gasteiger partial charge is 0.438 e. The zero-order valence-corrected chi connectivity index (χ0v) is 17.4. The van der Waals surface area contributed by atoms with Gasteiger partial charge in [-0.05, 0) is 67.8 Å². The number of hydrogen-bond donors (Lipinski definition) is 1. The van der Waals surface area contributed by atoms with E-state index >= 15 is 0 Å². The van der Waals surface area contributed by atoms with E-state index in [1.807, 2.05) is 13.0 Å². The van der Waals surface area contributed by atoms with Crippen molar-refractivity contribution in [2.24, 2.45) is 4.99 Å². The lowest BCUT2D eigenvalue weighted by Gasteiger charge is -2.11. The molecular formula is C22H20Cl2N2O3. The number of carbonyl (C=O) groups is 1. The van der Waals surface area contributed by atoms with Gasteiger partial charge in [-0.2, -0.15) is 0 Å². The Kier molecular flexibility index (Phi) is 5.90. The summed E-state index contributed by atoms with van der Waals surface area (Å²) < 4.78 is 11.6. The molecule has 0 aliphatic carbocycles. The van der Waals surface area contributed by atoms with Crippen LogP contribution in [0.3, 0.4) is 0 Å². The molecule has 0 spiro atoms. The number of carbonyl (C=O) groups excluding carboxylic acids is 1. The van der Waals surface area contributed by atoms with Gasteiger partial charge in [-0.3, -0.25) is 4.79 Å². The lowest BCUT2D eigenvalue weighted by molar-refractivity contribution is 0.0854. The molecule has 0 radical (unpaired) electrons. The van der Waals surface area contributed by atoms with Crippen LogP contribution in [0.1, 0.15) is 28.8 Å². The number of hydrogen-bond acceptors (Lipinski definition) is 4. The van der Waals surface area contributed by atoms with Gasteiger partial charge in [0.2, 0.25) is 5.55 Å². The monoisotopic (exact) mass is 430 g/mol. The second-order valence-corrected chi connectivity index (χ2v) is 7.91. The summed E-state index contributed by atoms with van der Waals surface area (Å²) in [5.41, 5.74) is 2.73. The zero-order valence-electron chi connectivity index (χ0n) is 15.9. The van der Waals surface area contributed by atoms with Crippen molar-refractivity contribution >= 4 is 45.8 Å². The maximum absolute atomic E-state index is 12.9. The van der Waals surface area contributed by atoms with E-state index < -0.39 is 0 Å². The highest BCUT2D eigenvalue weighted by molar-refractivity contribution is 6.31. The molecule has 2 aromatic carbocycles. The topological polar surface area (TPSA) is 63.8 Å². The molecule has 1 aliphatic rings. The van der Waals surface area contributed by atoms with Crippen LogP contribution in [-0.2, 0) is 4.74 Å². The van der Waals surface area contributed by atoms with E-state index in [2.05, 4.69) is 10.3 Å². The van der Waals surface area contributed by atoms with Gasteiger partial charge in [0.05, 0.1) is 11.8 Å². The second-order valence-electron chi connectivity index (χ2n) is 7.04. The highest BCUT2D eigenvalue weighted by Gasteiger charge is 2.18. The fourth-order valence-corrected chi connectivity index (χ4v) is 3.72. The number of benzene rings is 2. The number of aryl methyl sites for hydroxylation is 1. The van der Waals surface area contributed by atoms with Crippen LogP contribution in [-0.4, -0.2) is 25.2 Å². The Balaban J connectivity index is 1.78. The first-order chi connectivity index (χ1) is 14.0. The highest BCUT2D eigenvalue weighted by Crippen LogP contribution is 2.23. The Labute approximate surface area is 178 Å². The van der Waals surface area contributed by atoms with Gasteiger partial charge in [0, 0.05) is 28.6 Å². The summed E-state index contributed by atoms with van der Waals surface area (Å²) in [6.45, 7) is 3.09. The van der Waals surface area contributed by atoms with Gasteiger partial charge in [0.15, 0.2) is 0 Å². The van der Waals surface area contributed by atoms with Crippen LogP contribution in [0.4, 0.5) is 5.69 Å². The fourth-order valence-electron chi connectivity index (χ4n) is 3.31. The van der Waals surface area contributed by atoms with Crippen molar-refractivity contribution in [2.75, 3.05) is 13.2 Å². The van der Waals surface area contributed by atoms with Crippen molar-refractivity contribution in [3.8, 4) is 0 Å². The van der Waals surface area contributed by atoms with Crippen LogP contribution in [0, 0.1) is 6.92 Å². The van der Waals surface area contributed by atoms with Crippen LogP contribution in [0.5, 0.6) is 0 Å². The van der Waals surface area contributed by atoms with E-state index in [0.29, 0.717) is 33.4 Å². The number of nitrogens with one attached hydrogen (secondary N) is 1. The molecule has 1 amide bonds. The molecule has 1 saturated heterocycles. The molecule has 29 heavy (non-hydrogen) atoms.